The summed E-state index contributed by atoms with van der Waals surface area (Å²) in [6.07, 6.45) is 1.27. The summed E-state index contributed by atoms with van der Waals surface area (Å²) in [5.41, 5.74) is 0.280. The molecule has 15 heteroatoms. The van der Waals surface area contributed by atoms with Crippen molar-refractivity contribution in [3.63, 3.8) is 0 Å². The fourth-order valence-corrected chi connectivity index (χ4v) is 7.58. The zero-order chi connectivity index (χ0) is 33.4. The van der Waals surface area contributed by atoms with E-state index in [1.807, 2.05) is 44.2 Å². The summed E-state index contributed by atoms with van der Waals surface area (Å²) in [6.45, 7) is 4.62. The Kier molecular flexibility index (Phi) is 12.3. The third-order valence-corrected chi connectivity index (χ3v) is 10.4. The number of benzene rings is 2. The van der Waals surface area contributed by atoms with Gasteiger partial charge in [0.2, 0.25) is 26.8 Å². The lowest BCUT2D eigenvalue weighted by molar-refractivity contribution is 0.0623. The molecule has 1 amide bonds. The molecule has 1 fully saturated rings. The molecular formula is C31H45N3O10S2. The number of nitrogens with one attached hydrogen (secondary N) is 2. The Labute approximate surface area is 271 Å². The molecule has 0 aliphatic carbocycles. The average Bonchev–Trinajstić information content (AvgIpc) is 3.68. The van der Waals surface area contributed by atoms with Crippen LogP contribution in [0.3, 0.4) is 0 Å². The first-order chi connectivity index (χ1) is 21.7. The number of fused-ring (bicyclic) bond motifs is 1. The average molecular weight is 684 g/mol. The number of amides is 1. The highest BCUT2D eigenvalue weighted by atomic mass is 32.2. The predicted molar refractivity (Wildman–Crippen MR) is 171 cm³/mol. The number of carbonyl (C=O) groups is 1. The first-order valence-corrected chi connectivity index (χ1v) is 18.7. The van der Waals surface area contributed by atoms with Crippen LogP contribution >= 0.6 is 0 Å². The number of aliphatic hydroxyl groups is 1. The van der Waals surface area contributed by atoms with Crippen LogP contribution in [0.25, 0.3) is 0 Å². The highest BCUT2D eigenvalue weighted by molar-refractivity contribution is 7.89. The van der Waals surface area contributed by atoms with E-state index in [9.17, 15) is 26.7 Å². The van der Waals surface area contributed by atoms with Gasteiger partial charge in [0.25, 0.3) is 0 Å². The van der Waals surface area contributed by atoms with Crippen molar-refractivity contribution in [2.45, 2.75) is 69.1 Å². The summed E-state index contributed by atoms with van der Waals surface area (Å²) in [6, 6.07) is 12.8. The summed E-state index contributed by atoms with van der Waals surface area (Å²) < 4.78 is 76.5. The largest absolute Gasteiger partial charge is 0.454 e. The Morgan fingerprint density at radius 2 is 1.83 bits per heavy atom. The molecule has 2 heterocycles. The van der Waals surface area contributed by atoms with Crippen LogP contribution in [0.5, 0.6) is 11.5 Å². The van der Waals surface area contributed by atoms with E-state index in [0.29, 0.717) is 50.4 Å². The van der Waals surface area contributed by atoms with E-state index >= 15 is 0 Å². The normalized spacial score (nSPS) is 18.0. The monoisotopic (exact) mass is 683 g/mol. The number of ether oxygens (including phenoxy) is 4. The Morgan fingerprint density at radius 3 is 2.52 bits per heavy atom. The quantitative estimate of drug-likeness (QED) is 0.211. The minimum absolute atomic E-state index is 0.0155. The maximum atomic E-state index is 14.2. The van der Waals surface area contributed by atoms with Crippen LogP contribution in [-0.2, 0) is 35.9 Å². The molecular weight excluding hydrogens is 638 g/mol. The van der Waals surface area contributed by atoms with Gasteiger partial charge in [0, 0.05) is 32.1 Å². The fraction of sp³-hybridized carbons (Fsp3) is 0.581. The number of hydrogen-bond donors (Lipinski definition) is 3. The van der Waals surface area contributed by atoms with Crippen molar-refractivity contribution in [3.8, 4) is 11.5 Å². The van der Waals surface area contributed by atoms with Crippen molar-refractivity contribution in [2.75, 3.05) is 45.9 Å². The summed E-state index contributed by atoms with van der Waals surface area (Å²) in [5.74, 6) is 0.744. The maximum absolute atomic E-state index is 14.2. The molecule has 13 nitrogen and oxygen atoms in total. The second-order valence-electron chi connectivity index (χ2n) is 12.5. The molecule has 2 aromatic carbocycles. The van der Waals surface area contributed by atoms with Gasteiger partial charge in [-0.15, -0.1) is 0 Å². The van der Waals surface area contributed by atoms with Crippen LogP contribution in [0.1, 0.15) is 45.1 Å². The Bertz CT molecular complexity index is 1510. The number of carbonyl (C=O) groups excluding carboxylic acids is 1. The molecule has 256 valence electrons. The van der Waals surface area contributed by atoms with E-state index in [0.717, 1.165) is 11.8 Å². The first-order valence-electron chi connectivity index (χ1n) is 15.3. The van der Waals surface area contributed by atoms with E-state index in [-0.39, 0.29) is 37.7 Å². The van der Waals surface area contributed by atoms with Crippen molar-refractivity contribution in [1.82, 2.24) is 14.3 Å². The lowest BCUT2D eigenvalue weighted by Gasteiger charge is -2.35. The van der Waals surface area contributed by atoms with Gasteiger partial charge in [-0.1, -0.05) is 50.6 Å². The SMILES string of the molecule is CC(C)(CCCCNS(C)(=O)=O)CN(C[C@@H](O)[C@H](Cc1ccccc1)NC(=O)O[C@H]1CCOC1)S(=O)(=O)c1ccc2c(c1)OCO2. The first kappa shape index (κ1) is 35.9. The van der Waals surface area contributed by atoms with E-state index in [4.69, 9.17) is 18.9 Å². The highest BCUT2D eigenvalue weighted by Crippen LogP contribution is 2.36. The molecule has 2 aliphatic rings. The van der Waals surface area contributed by atoms with E-state index in [1.54, 1.807) is 0 Å². The van der Waals surface area contributed by atoms with Crippen LogP contribution in [-0.4, -0.2) is 96.5 Å². The molecule has 2 aliphatic heterocycles. The number of hydrogen-bond acceptors (Lipinski definition) is 10. The minimum Gasteiger partial charge on any atom is -0.454 e. The molecule has 0 radical (unpaired) electrons. The van der Waals surface area contributed by atoms with E-state index in [2.05, 4.69) is 10.0 Å². The molecule has 0 unspecified atom stereocenters. The van der Waals surface area contributed by atoms with Crippen LogP contribution in [0.2, 0.25) is 0 Å². The molecule has 1 saturated heterocycles. The van der Waals surface area contributed by atoms with Gasteiger partial charge in [0.05, 0.1) is 36.5 Å². The van der Waals surface area contributed by atoms with Gasteiger partial charge in [-0.3, -0.25) is 0 Å². The second-order valence-corrected chi connectivity index (χ2v) is 16.3. The molecule has 3 atom stereocenters. The third-order valence-electron chi connectivity index (χ3n) is 7.85. The van der Waals surface area contributed by atoms with Crippen LogP contribution in [0, 0.1) is 5.41 Å². The number of rotatable bonds is 17. The minimum atomic E-state index is -4.17. The van der Waals surface area contributed by atoms with Crippen molar-refractivity contribution in [1.29, 1.82) is 0 Å². The number of sulfonamides is 2. The molecule has 0 bridgehead atoms. The van der Waals surface area contributed by atoms with E-state index in [1.165, 1.54) is 22.5 Å². The summed E-state index contributed by atoms with van der Waals surface area (Å²) >= 11 is 0. The molecule has 2 aromatic rings. The van der Waals surface area contributed by atoms with Crippen molar-refractivity contribution in [2.24, 2.45) is 5.41 Å². The van der Waals surface area contributed by atoms with Crippen LogP contribution in [0.4, 0.5) is 4.79 Å². The van der Waals surface area contributed by atoms with Crippen molar-refractivity contribution >= 4 is 26.1 Å². The van der Waals surface area contributed by atoms with Crippen LogP contribution in [0.15, 0.2) is 53.4 Å². The number of unbranched alkanes of at least 4 members (excludes halogenated alkanes) is 1. The molecule has 46 heavy (non-hydrogen) atoms. The predicted octanol–water partition coefficient (Wildman–Crippen LogP) is 2.64. The van der Waals surface area contributed by atoms with Gasteiger partial charge in [-0.2, -0.15) is 4.31 Å². The molecule has 4 rings (SSSR count). The Morgan fingerprint density at radius 1 is 1.09 bits per heavy atom. The third kappa shape index (κ3) is 10.8. The lowest BCUT2D eigenvalue weighted by Crippen LogP contribution is -2.52. The molecule has 0 saturated carbocycles. The van der Waals surface area contributed by atoms with Gasteiger partial charge in [-0.25, -0.2) is 26.4 Å². The molecule has 0 aromatic heterocycles. The molecule has 3 N–H and O–H groups in total. The van der Waals surface area contributed by atoms with Crippen molar-refractivity contribution in [3.05, 3.63) is 54.1 Å². The number of alkyl carbamates (subject to hydrolysis) is 1. The van der Waals surface area contributed by atoms with E-state index < -0.39 is 49.8 Å². The lowest BCUT2D eigenvalue weighted by atomic mass is 9.87. The molecule has 0 spiro atoms. The second kappa shape index (κ2) is 15.8. The summed E-state index contributed by atoms with van der Waals surface area (Å²) in [7, 11) is -7.48. The van der Waals surface area contributed by atoms with Gasteiger partial charge in [-0.05, 0) is 42.4 Å². The summed E-state index contributed by atoms with van der Waals surface area (Å²) in [5, 5.41) is 14.4. The van der Waals surface area contributed by atoms with Crippen molar-refractivity contribution < 1.29 is 45.7 Å². The standard InChI is InChI=1S/C31H45N3O10S2/c1-31(2,14-7-8-15-32-45(3,37)38)21-34(46(39,40)25-11-12-28-29(18-25)43-22-42-28)19-27(35)26(17-23-9-5-4-6-10-23)33-30(36)44-24-13-16-41-20-24/h4-6,9-12,18,24,26-27,32,35H,7-8,13-17,19-22H2,1-3H3,(H,33,36)/t24-,26-,27+/m0/s1. The summed E-state index contributed by atoms with van der Waals surface area (Å²) in [4.78, 5) is 12.9. The van der Waals surface area contributed by atoms with Gasteiger partial charge in [0.1, 0.15) is 6.10 Å². The Hall–Kier alpha value is -2.95. The topological polar surface area (TPSA) is 170 Å². The highest BCUT2D eigenvalue weighted by Gasteiger charge is 2.36. The van der Waals surface area contributed by atoms with Gasteiger partial charge in [0.15, 0.2) is 11.5 Å². The van der Waals surface area contributed by atoms with Gasteiger partial charge >= 0.3 is 6.09 Å². The van der Waals surface area contributed by atoms with Crippen LogP contribution < -0.4 is 19.5 Å². The number of aliphatic hydroxyl groups excluding tert-OH is 1. The van der Waals surface area contributed by atoms with Gasteiger partial charge < -0.3 is 29.4 Å². The maximum Gasteiger partial charge on any atom is 0.407 e. The fourth-order valence-electron chi connectivity index (χ4n) is 5.41. The zero-order valence-corrected chi connectivity index (χ0v) is 28.1. The number of nitrogens with zero attached hydrogens (tertiary/aromatic N) is 1. The zero-order valence-electron chi connectivity index (χ0n) is 26.5. The smallest absolute Gasteiger partial charge is 0.407 e. The Balaban J connectivity index is 1.55.